The zero-order valence-electron chi connectivity index (χ0n) is 14.9. The van der Waals surface area contributed by atoms with E-state index in [0.29, 0.717) is 21.8 Å². The molecule has 2 bridgehead atoms. The number of rotatable bonds is 4. The average Bonchev–Trinajstić information content (AvgIpc) is 3.32. The van der Waals surface area contributed by atoms with Crippen molar-refractivity contribution in [2.75, 3.05) is 5.32 Å². The van der Waals surface area contributed by atoms with E-state index in [0.717, 1.165) is 12.8 Å². The summed E-state index contributed by atoms with van der Waals surface area (Å²) in [6.45, 7) is 0. The van der Waals surface area contributed by atoms with Crippen molar-refractivity contribution in [1.82, 2.24) is 0 Å². The minimum atomic E-state index is -0.397. The molecule has 2 aromatic rings. The van der Waals surface area contributed by atoms with Crippen LogP contribution in [-0.4, -0.2) is 23.8 Å². The highest BCUT2D eigenvalue weighted by molar-refractivity contribution is 6.31. The van der Waals surface area contributed by atoms with Gasteiger partial charge in [0, 0.05) is 22.1 Å². The van der Waals surface area contributed by atoms with Gasteiger partial charge in [-0.2, -0.15) is 0 Å². The summed E-state index contributed by atoms with van der Waals surface area (Å²) in [5, 5.41) is 3.31. The van der Waals surface area contributed by atoms with E-state index in [1.165, 1.54) is 0 Å². The molecule has 28 heavy (non-hydrogen) atoms. The van der Waals surface area contributed by atoms with Crippen molar-refractivity contribution in [3.8, 4) is 0 Å². The van der Waals surface area contributed by atoms with Gasteiger partial charge in [-0.1, -0.05) is 41.9 Å². The van der Waals surface area contributed by atoms with Gasteiger partial charge in [-0.25, -0.2) is 0 Å². The zero-order chi connectivity index (χ0) is 19.4. The zero-order valence-corrected chi connectivity index (χ0v) is 15.7. The molecule has 142 valence electrons. The Morgan fingerprint density at radius 3 is 2.64 bits per heavy atom. The molecule has 2 aromatic carbocycles. The first-order valence-electron chi connectivity index (χ1n) is 9.43. The number of amides is 1. The Balaban J connectivity index is 1.44. The average molecular weight is 396 g/mol. The maximum atomic E-state index is 13.1. The Morgan fingerprint density at radius 1 is 1.07 bits per heavy atom. The van der Waals surface area contributed by atoms with Gasteiger partial charge < -0.3 is 10.1 Å². The summed E-state index contributed by atoms with van der Waals surface area (Å²) in [4.78, 5) is 38.2. The molecular formula is C22H18ClNO4. The van der Waals surface area contributed by atoms with E-state index < -0.39 is 5.92 Å². The number of benzene rings is 2. The number of halogens is 1. The van der Waals surface area contributed by atoms with E-state index in [2.05, 4.69) is 5.32 Å². The second-order valence-electron chi connectivity index (χ2n) is 7.80. The topological polar surface area (TPSA) is 72.5 Å². The Morgan fingerprint density at radius 2 is 1.86 bits per heavy atom. The van der Waals surface area contributed by atoms with Gasteiger partial charge in [-0.15, -0.1) is 0 Å². The Bertz CT molecular complexity index is 987. The maximum Gasteiger partial charge on any atom is 0.310 e. The number of ether oxygens (including phenoxy) is 1. The number of carbonyl (C=O) groups is 3. The van der Waals surface area contributed by atoms with Crippen LogP contribution >= 0.6 is 11.6 Å². The highest BCUT2D eigenvalue weighted by Crippen LogP contribution is 2.57. The third kappa shape index (κ3) is 2.65. The van der Waals surface area contributed by atoms with Gasteiger partial charge in [0.25, 0.3) is 0 Å². The van der Waals surface area contributed by atoms with E-state index in [-0.39, 0.29) is 41.5 Å². The van der Waals surface area contributed by atoms with Crippen molar-refractivity contribution >= 4 is 34.9 Å². The van der Waals surface area contributed by atoms with E-state index in [9.17, 15) is 14.4 Å². The number of carbonyl (C=O) groups excluding carboxylic acids is 3. The van der Waals surface area contributed by atoms with Crippen LogP contribution in [-0.2, 0) is 14.3 Å². The lowest BCUT2D eigenvalue weighted by molar-refractivity contribution is -0.145. The van der Waals surface area contributed by atoms with Gasteiger partial charge in [-0.3, -0.25) is 14.4 Å². The minimum Gasteiger partial charge on any atom is -0.462 e. The fraction of sp³-hybridized carbons (Fsp3) is 0.318. The standard InChI is InChI=1S/C22H18ClNO4/c23-13-6-7-16(14(10-13)20(25)11-4-2-1-3-5-11)24-21(26)18-12-8-15-17(9-12)28-22(27)19(15)18/h1-7,10,12,15,17-19H,8-9H2,(H,24,26)/t12-,15-,17+,18+,19-/m0/s1. The molecule has 1 N–H and O–H groups in total. The smallest absolute Gasteiger partial charge is 0.310 e. The highest BCUT2D eigenvalue weighted by Gasteiger charge is 2.63. The number of anilines is 1. The van der Waals surface area contributed by atoms with Crippen LogP contribution in [0.5, 0.6) is 0 Å². The molecule has 0 radical (unpaired) electrons. The molecule has 5 rings (SSSR count). The van der Waals surface area contributed by atoms with Gasteiger partial charge in [0.1, 0.15) is 6.10 Å². The first-order valence-corrected chi connectivity index (χ1v) is 9.81. The molecule has 1 amide bonds. The van der Waals surface area contributed by atoms with Crippen molar-refractivity contribution in [2.45, 2.75) is 18.9 Å². The van der Waals surface area contributed by atoms with Crippen molar-refractivity contribution in [2.24, 2.45) is 23.7 Å². The fourth-order valence-corrected chi connectivity index (χ4v) is 5.31. The van der Waals surface area contributed by atoms with Crippen LogP contribution in [0, 0.1) is 23.7 Å². The van der Waals surface area contributed by atoms with Crippen LogP contribution in [0.2, 0.25) is 5.02 Å². The molecule has 3 aliphatic rings. The summed E-state index contributed by atoms with van der Waals surface area (Å²) < 4.78 is 5.41. The summed E-state index contributed by atoms with van der Waals surface area (Å²) in [6, 6.07) is 13.7. The van der Waals surface area contributed by atoms with E-state index >= 15 is 0 Å². The first kappa shape index (κ1) is 17.4. The quantitative estimate of drug-likeness (QED) is 0.632. The summed E-state index contributed by atoms with van der Waals surface area (Å²) in [6.07, 6.45) is 1.59. The summed E-state index contributed by atoms with van der Waals surface area (Å²) in [5.74, 6) is -1.13. The molecule has 0 unspecified atom stereocenters. The van der Waals surface area contributed by atoms with Crippen LogP contribution < -0.4 is 5.32 Å². The third-order valence-corrected chi connectivity index (χ3v) is 6.54. The van der Waals surface area contributed by atoms with Crippen molar-refractivity contribution in [3.05, 3.63) is 64.7 Å². The predicted octanol–water partition coefficient (Wildman–Crippen LogP) is 3.71. The summed E-state index contributed by atoms with van der Waals surface area (Å²) in [7, 11) is 0. The minimum absolute atomic E-state index is 0.0164. The van der Waals surface area contributed by atoms with Crippen molar-refractivity contribution in [3.63, 3.8) is 0 Å². The van der Waals surface area contributed by atoms with E-state index in [1.807, 2.05) is 6.07 Å². The number of hydrogen-bond acceptors (Lipinski definition) is 4. The van der Waals surface area contributed by atoms with Crippen LogP contribution in [0.3, 0.4) is 0 Å². The molecule has 5 atom stereocenters. The van der Waals surface area contributed by atoms with E-state index in [1.54, 1.807) is 42.5 Å². The fourth-order valence-electron chi connectivity index (χ4n) is 5.14. The van der Waals surface area contributed by atoms with Crippen LogP contribution in [0.4, 0.5) is 5.69 Å². The van der Waals surface area contributed by atoms with Crippen LogP contribution in [0.1, 0.15) is 28.8 Å². The molecule has 0 aromatic heterocycles. The van der Waals surface area contributed by atoms with Crippen LogP contribution in [0.25, 0.3) is 0 Å². The lowest BCUT2D eigenvalue weighted by atomic mass is 9.79. The van der Waals surface area contributed by atoms with Crippen molar-refractivity contribution in [1.29, 1.82) is 0 Å². The number of hydrogen-bond donors (Lipinski definition) is 1. The molecule has 5 nitrogen and oxygen atoms in total. The lowest BCUT2D eigenvalue weighted by Gasteiger charge is -2.24. The first-order chi connectivity index (χ1) is 13.5. The molecule has 1 aliphatic heterocycles. The number of ketones is 1. The largest absolute Gasteiger partial charge is 0.462 e. The predicted molar refractivity (Wildman–Crippen MR) is 103 cm³/mol. The number of nitrogens with one attached hydrogen (secondary N) is 1. The van der Waals surface area contributed by atoms with Crippen LogP contribution in [0.15, 0.2) is 48.5 Å². The Labute approximate surface area is 167 Å². The second kappa shape index (κ2) is 6.45. The van der Waals surface area contributed by atoms with Gasteiger partial charge in [0.2, 0.25) is 5.91 Å². The van der Waals surface area contributed by atoms with Gasteiger partial charge >= 0.3 is 5.97 Å². The second-order valence-corrected chi connectivity index (χ2v) is 8.23. The summed E-state index contributed by atoms with van der Waals surface area (Å²) >= 11 is 6.11. The molecule has 1 heterocycles. The molecule has 3 fully saturated rings. The maximum absolute atomic E-state index is 13.1. The Hall–Kier alpha value is -2.66. The third-order valence-electron chi connectivity index (χ3n) is 6.31. The SMILES string of the molecule is O=C(c1ccccc1)c1cc(Cl)ccc1NC(=O)[C@@H]1[C@H]2C[C@@H]3[C@@H]1C(=O)O[C@@H]3C2. The van der Waals surface area contributed by atoms with Gasteiger partial charge in [-0.05, 0) is 37.0 Å². The molecule has 2 saturated carbocycles. The highest BCUT2D eigenvalue weighted by atomic mass is 35.5. The molecular weight excluding hydrogens is 378 g/mol. The van der Waals surface area contributed by atoms with Gasteiger partial charge in [0.05, 0.1) is 17.5 Å². The van der Waals surface area contributed by atoms with E-state index in [4.69, 9.17) is 16.3 Å². The Kier molecular flexibility index (Phi) is 4.02. The molecule has 6 heteroatoms. The normalized spacial score (nSPS) is 29.6. The molecule has 1 saturated heterocycles. The molecule has 2 aliphatic carbocycles. The lowest BCUT2D eigenvalue weighted by Crippen LogP contribution is -2.36. The number of fused-ring (bicyclic) bond motifs is 1. The van der Waals surface area contributed by atoms with Crippen molar-refractivity contribution < 1.29 is 19.1 Å². The van der Waals surface area contributed by atoms with Gasteiger partial charge in [0.15, 0.2) is 5.78 Å². The molecule has 0 spiro atoms. The summed E-state index contributed by atoms with van der Waals surface area (Å²) in [5.41, 5.74) is 1.26. The number of esters is 1. The monoisotopic (exact) mass is 395 g/mol.